The molecule has 0 fully saturated rings. The third kappa shape index (κ3) is 3.00. The average Bonchev–Trinajstić information content (AvgIpc) is 2.39. The minimum absolute atomic E-state index is 0.304. The molecule has 0 radical (unpaired) electrons. The van der Waals surface area contributed by atoms with Crippen molar-refractivity contribution in [3.63, 3.8) is 0 Å². The molecule has 0 aromatic heterocycles. The topological polar surface area (TPSA) is 55.1 Å². The van der Waals surface area contributed by atoms with Crippen LogP contribution in [0.4, 0.5) is 11.4 Å². The first-order chi connectivity index (χ1) is 8.99. The predicted molar refractivity (Wildman–Crippen MR) is 80.0 cm³/mol. The van der Waals surface area contributed by atoms with E-state index in [1.807, 2.05) is 6.92 Å². The van der Waals surface area contributed by atoms with Crippen molar-refractivity contribution in [2.45, 2.75) is 6.92 Å². The number of halogens is 2. The zero-order valence-electron chi connectivity index (χ0n) is 10.2. The van der Waals surface area contributed by atoms with Crippen LogP contribution in [0.2, 0.25) is 10.0 Å². The van der Waals surface area contributed by atoms with Gasteiger partial charge in [-0.25, -0.2) is 0 Å². The molecule has 98 valence electrons. The molecule has 0 spiro atoms. The molecule has 0 aliphatic carbocycles. The summed E-state index contributed by atoms with van der Waals surface area (Å²) >= 11 is 12.2. The van der Waals surface area contributed by atoms with E-state index in [1.165, 1.54) is 0 Å². The first-order valence-electron chi connectivity index (χ1n) is 5.60. The number of carbonyl (C=O) groups excluding carboxylic acids is 1. The lowest BCUT2D eigenvalue weighted by Crippen LogP contribution is -2.13. The third-order valence-corrected chi connectivity index (χ3v) is 3.47. The van der Waals surface area contributed by atoms with Crippen molar-refractivity contribution in [2.24, 2.45) is 0 Å². The molecule has 3 nitrogen and oxygen atoms in total. The Balaban J connectivity index is 2.32. The Labute approximate surface area is 121 Å². The fourth-order valence-corrected chi connectivity index (χ4v) is 2.10. The second-order valence-electron chi connectivity index (χ2n) is 4.13. The van der Waals surface area contributed by atoms with Gasteiger partial charge in [0.2, 0.25) is 0 Å². The van der Waals surface area contributed by atoms with E-state index < -0.39 is 0 Å². The van der Waals surface area contributed by atoms with E-state index in [4.69, 9.17) is 28.9 Å². The van der Waals surface area contributed by atoms with Crippen molar-refractivity contribution < 1.29 is 4.79 Å². The van der Waals surface area contributed by atoms with Gasteiger partial charge in [0, 0.05) is 11.3 Å². The molecule has 0 heterocycles. The highest BCUT2D eigenvalue weighted by Gasteiger charge is 2.13. The quantitative estimate of drug-likeness (QED) is 0.818. The highest BCUT2D eigenvalue weighted by Crippen LogP contribution is 2.33. The van der Waals surface area contributed by atoms with Gasteiger partial charge in [-0.15, -0.1) is 0 Å². The molecular formula is C14H12Cl2N2O. The summed E-state index contributed by atoms with van der Waals surface area (Å²) in [6.07, 6.45) is 0. The molecular weight excluding hydrogens is 283 g/mol. The smallest absolute Gasteiger partial charge is 0.255 e. The standard InChI is InChI=1S/C14H12Cl2N2O/c1-8-5-6-11(15)13(12(8)16)18-14(19)9-3-2-4-10(17)7-9/h2-7H,17H2,1H3,(H,18,19). The monoisotopic (exact) mass is 294 g/mol. The SMILES string of the molecule is Cc1ccc(Cl)c(NC(=O)c2cccc(N)c2)c1Cl. The Kier molecular flexibility index (Phi) is 3.98. The Bertz CT molecular complexity index is 641. The van der Waals surface area contributed by atoms with Crippen molar-refractivity contribution in [3.8, 4) is 0 Å². The second kappa shape index (κ2) is 5.51. The van der Waals surface area contributed by atoms with Gasteiger partial charge < -0.3 is 11.1 Å². The van der Waals surface area contributed by atoms with Crippen LogP contribution in [0.25, 0.3) is 0 Å². The maximum Gasteiger partial charge on any atom is 0.255 e. The zero-order chi connectivity index (χ0) is 14.0. The number of anilines is 2. The largest absolute Gasteiger partial charge is 0.399 e. The molecule has 0 atom stereocenters. The van der Waals surface area contributed by atoms with Crippen molar-refractivity contribution in [1.29, 1.82) is 0 Å². The second-order valence-corrected chi connectivity index (χ2v) is 4.92. The molecule has 5 heteroatoms. The number of amides is 1. The summed E-state index contributed by atoms with van der Waals surface area (Å²) in [5, 5.41) is 3.54. The van der Waals surface area contributed by atoms with Crippen LogP contribution >= 0.6 is 23.2 Å². The van der Waals surface area contributed by atoms with E-state index in [1.54, 1.807) is 36.4 Å². The Morgan fingerprint density at radius 1 is 1.21 bits per heavy atom. The van der Waals surface area contributed by atoms with Gasteiger partial charge in [-0.1, -0.05) is 35.3 Å². The minimum atomic E-state index is -0.304. The first kappa shape index (κ1) is 13.7. The number of nitrogens with two attached hydrogens (primary N) is 1. The van der Waals surface area contributed by atoms with Crippen LogP contribution in [0.5, 0.6) is 0 Å². The van der Waals surface area contributed by atoms with Crippen molar-refractivity contribution in [1.82, 2.24) is 0 Å². The number of rotatable bonds is 2. The zero-order valence-corrected chi connectivity index (χ0v) is 11.7. The van der Waals surface area contributed by atoms with Crippen LogP contribution in [0, 0.1) is 6.92 Å². The summed E-state index contributed by atoms with van der Waals surface area (Å²) in [6, 6.07) is 10.2. The van der Waals surface area contributed by atoms with Crippen molar-refractivity contribution >= 4 is 40.5 Å². The molecule has 2 aromatic rings. The number of aryl methyl sites for hydroxylation is 1. The molecule has 0 aliphatic heterocycles. The lowest BCUT2D eigenvalue weighted by atomic mass is 10.1. The Morgan fingerprint density at radius 3 is 2.63 bits per heavy atom. The van der Waals surface area contributed by atoms with Gasteiger partial charge in [-0.2, -0.15) is 0 Å². The van der Waals surface area contributed by atoms with Crippen molar-refractivity contribution in [2.75, 3.05) is 11.1 Å². The van der Waals surface area contributed by atoms with Gasteiger partial charge >= 0.3 is 0 Å². The maximum absolute atomic E-state index is 12.1. The van der Waals surface area contributed by atoms with Crippen LogP contribution in [0.15, 0.2) is 36.4 Å². The number of nitrogens with one attached hydrogen (secondary N) is 1. The average molecular weight is 295 g/mol. The summed E-state index contributed by atoms with van der Waals surface area (Å²) in [5.74, 6) is -0.304. The molecule has 0 unspecified atom stereocenters. The molecule has 0 aliphatic rings. The van der Waals surface area contributed by atoms with E-state index in [0.717, 1.165) is 5.56 Å². The summed E-state index contributed by atoms with van der Waals surface area (Å²) in [7, 11) is 0. The molecule has 3 N–H and O–H groups in total. The van der Waals surface area contributed by atoms with Crippen LogP contribution in [-0.2, 0) is 0 Å². The maximum atomic E-state index is 12.1. The van der Waals surface area contributed by atoms with E-state index >= 15 is 0 Å². The first-order valence-corrected chi connectivity index (χ1v) is 6.36. The van der Waals surface area contributed by atoms with Gasteiger partial charge in [-0.05, 0) is 36.8 Å². The van der Waals surface area contributed by atoms with Gasteiger partial charge in [-0.3, -0.25) is 4.79 Å². The fraction of sp³-hybridized carbons (Fsp3) is 0.0714. The number of hydrogen-bond donors (Lipinski definition) is 2. The lowest BCUT2D eigenvalue weighted by molar-refractivity contribution is 0.102. The summed E-state index contributed by atoms with van der Waals surface area (Å²) < 4.78 is 0. The summed E-state index contributed by atoms with van der Waals surface area (Å²) in [6.45, 7) is 1.84. The van der Waals surface area contributed by atoms with Crippen LogP contribution in [0.1, 0.15) is 15.9 Å². The van der Waals surface area contributed by atoms with Crippen LogP contribution in [0.3, 0.4) is 0 Å². The molecule has 0 saturated heterocycles. The Morgan fingerprint density at radius 2 is 1.95 bits per heavy atom. The molecule has 0 saturated carbocycles. The minimum Gasteiger partial charge on any atom is -0.399 e. The van der Waals surface area contributed by atoms with E-state index in [9.17, 15) is 4.79 Å². The molecule has 19 heavy (non-hydrogen) atoms. The third-order valence-electron chi connectivity index (χ3n) is 2.67. The van der Waals surface area contributed by atoms with Gasteiger partial charge in [0.15, 0.2) is 0 Å². The normalized spacial score (nSPS) is 10.3. The van der Waals surface area contributed by atoms with Gasteiger partial charge in [0.05, 0.1) is 15.7 Å². The summed E-state index contributed by atoms with van der Waals surface area (Å²) in [4.78, 5) is 12.1. The van der Waals surface area contributed by atoms with Gasteiger partial charge in [0.1, 0.15) is 0 Å². The van der Waals surface area contributed by atoms with Crippen LogP contribution < -0.4 is 11.1 Å². The lowest BCUT2D eigenvalue weighted by Gasteiger charge is -2.11. The molecule has 2 rings (SSSR count). The van der Waals surface area contributed by atoms with Gasteiger partial charge in [0.25, 0.3) is 5.91 Å². The van der Waals surface area contributed by atoms with E-state index in [0.29, 0.717) is 27.0 Å². The van der Waals surface area contributed by atoms with Crippen molar-refractivity contribution in [3.05, 3.63) is 57.6 Å². The number of hydrogen-bond acceptors (Lipinski definition) is 2. The predicted octanol–water partition coefficient (Wildman–Crippen LogP) is 4.14. The number of carbonyl (C=O) groups is 1. The molecule has 2 aromatic carbocycles. The highest BCUT2D eigenvalue weighted by molar-refractivity contribution is 6.40. The Hall–Kier alpha value is -1.71. The van der Waals surface area contributed by atoms with E-state index in [2.05, 4.69) is 5.32 Å². The number of nitrogen functional groups attached to an aromatic ring is 1. The molecule has 0 bridgehead atoms. The highest BCUT2D eigenvalue weighted by atomic mass is 35.5. The van der Waals surface area contributed by atoms with Crippen LogP contribution in [-0.4, -0.2) is 5.91 Å². The summed E-state index contributed by atoms with van der Waals surface area (Å²) in [5.41, 5.74) is 7.87. The molecule has 1 amide bonds. The number of benzene rings is 2. The van der Waals surface area contributed by atoms with E-state index in [-0.39, 0.29) is 5.91 Å². The fourth-order valence-electron chi connectivity index (χ4n) is 1.64.